The van der Waals surface area contributed by atoms with Gasteiger partial charge in [0.1, 0.15) is 175 Å². The molecule has 667 valence electrons. The van der Waals surface area contributed by atoms with Gasteiger partial charge in [-0.1, -0.05) is 0 Å². The summed E-state index contributed by atoms with van der Waals surface area (Å²) < 4.78 is 47.4. The predicted octanol–water partition coefficient (Wildman–Crippen LogP) is -4.60. The fourth-order valence-corrected chi connectivity index (χ4v) is 13.7. The summed E-state index contributed by atoms with van der Waals surface area (Å²) in [5, 5.41) is 49.7. The molecule has 8 aromatic heterocycles. The number of carboxylic acid groups (broad SMARTS) is 4. The van der Waals surface area contributed by atoms with Crippen LogP contribution in [0.4, 0.5) is 0 Å². The summed E-state index contributed by atoms with van der Waals surface area (Å²) in [6, 6.07) is 0. The van der Waals surface area contributed by atoms with Gasteiger partial charge < -0.3 is 80.9 Å². The molecule has 0 aromatic carbocycles. The third-order valence-corrected chi connectivity index (χ3v) is 20.0. The van der Waals surface area contributed by atoms with Crippen LogP contribution in [0.3, 0.4) is 0 Å². The van der Waals surface area contributed by atoms with E-state index in [4.69, 9.17) is 7.01 Å². The van der Waals surface area contributed by atoms with Crippen molar-refractivity contribution in [3.05, 3.63) is 226 Å². The van der Waals surface area contributed by atoms with Crippen molar-refractivity contribution in [3.8, 4) is 0 Å². The van der Waals surface area contributed by atoms with Crippen molar-refractivity contribution in [2.45, 2.75) is 52.4 Å². The second kappa shape index (κ2) is 47.3. The molecule has 0 radical (unpaired) electrons. The van der Waals surface area contributed by atoms with E-state index < -0.39 is 88.8 Å². The molecule has 0 bridgehead atoms. The van der Waals surface area contributed by atoms with Crippen LogP contribution in [0.15, 0.2) is 199 Å². The van der Waals surface area contributed by atoms with Crippen molar-refractivity contribution in [3.63, 3.8) is 0 Å². The number of hydrogen-bond acceptors (Lipinski definition) is 18. The van der Waals surface area contributed by atoms with E-state index in [0.29, 0.717) is 78.5 Å². The average Bonchev–Trinajstić information content (AvgIpc) is 1.88. The number of hydrogen-bond donors (Lipinski definition) is 8. The zero-order chi connectivity index (χ0) is 89.4. The van der Waals surface area contributed by atoms with Gasteiger partial charge in [-0.3, -0.25) is 38.4 Å². The van der Waals surface area contributed by atoms with Crippen molar-refractivity contribution >= 4 is 47.5 Å². The molecule has 0 spiro atoms. The van der Waals surface area contributed by atoms with Crippen molar-refractivity contribution in [2.75, 3.05) is 80.5 Å². The molecule has 0 aliphatic carbocycles. The molecule has 8 aromatic rings. The van der Waals surface area contributed by atoms with E-state index >= 15 is 0 Å². The fraction of sp³-hybridized carbons (Fsp3) is 0.450. The maximum atomic E-state index is 13.3. The van der Waals surface area contributed by atoms with Crippen LogP contribution in [0.25, 0.3) is 0 Å². The van der Waals surface area contributed by atoms with Gasteiger partial charge in [0.15, 0.2) is 0 Å². The number of carbonyl (C=O) groups is 8. The Bertz CT molecular complexity index is 4400. The average molecular weight is 1800 g/mol. The van der Waals surface area contributed by atoms with Gasteiger partial charge in [-0.2, -0.15) is 26.7 Å². The molecular weight excluding hydrogens is 1680 g/mol. The number of carboxylic acids is 4. The van der Waals surface area contributed by atoms with Crippen LogP contribution in [0.5, 0.6) is 0 Å². The first-order valence-corrected chi connectivity index (χ1v) is 41.2. The molecule has 0 saturated heterocycles. The molecule has 43 heteroatoms. The Labute approximate surface area is 723 Å². The van der Waals surface area contributed by atoms with E-state index in [-0.39, 0.29) is 49.8 Å². The molecule has 123 heavy (non-hydrogen) atoms. The summed E-state index contributed by atoms with van der Waals surface area (Å²) in [6.45, 7) is 12.5. The maximum absolute atomic E-state index is 13.3. The predicted molar refractivity (Wildman–Crippen MR) is 428 cm³/mol. The molecule has 0 fully saturated rings. The van der Waals surface area contributed by atoms with Crippen LogP contribution >= 0.6 is 0 Å². The van der Waals surface area contributed by atoms with Crippen LogP contribution in [0.1, 0.15) is 0 Å². The van der Waals surface area contributed by atoms with E-state index in [1.807, 2.05) is 423 Å². The molecule has 8 N–H and O–H groups in total. The van der Waals surface area contributed by atoms with Gasteiger partial charge in [0.05, 0.1) is 80.1 Å². The summed E-state index contributed by atoms with van der Waals surface area (Å²) in [4.78, 5) is 115. The molecule has 4 aliphatic rings. The molecule has 42 nitrogen and oxygen atoms in total. The van der Waals surface area contributed by atoms with Gasteiger partial charge in [-0.25, -0.2) is 73.1 Å². The quantitative estimate of drug-likeness (QED) is 0.0132. The molecule has 4 amide bonds. The molecule has 4 aliphatic heterocycles. The first-order chi connectivity index (χ1) is 58.6. The standard InChI is InChI=1S/C28H42N10O4.C28H39N10O4.2C12H17N4O2.2O.Tc/c2*1-31-5-9-35(19-31)15-24(16-36-10-6-32(2)20-36)26(39)29-13-23(28(41)42)14-30-27(40)25(17-37-11-7-33(3)21-37)18-38-12-8-34(4)22-38;2*1-13-3-5-15(9-13)7-11(12(17)18)8-16-6-4-14(2)10-16;;;/h5-12,19-25H,13-18H2,1-4H3,(H,29,39)(H,30,40)(H,41,42);5-12,19-25H,13-18H2,1-4H3;2*3-6,9-11H,7-8H2,1-2H3;;;/q-4;3*+1;;;/p+5. The summed E-state index contributed by atoms with van der Waals surface area (Å²) in [6.07, 6.45) is 60.5. The number of aromatic nitrogens is 16. The molecule has 0 atom stereocenters. The third-order valence-electron chi connectivity index (χ3n) is 20.0. The van der Waals surface area contributed by atoms with Crippen molar-refractivity contribution in [1.82, 2.24) is 97.0 Å². The number of carbonyl (C=O) groups excluding carboxylic acids is 4. The van der Waals surface area contributed by atoms with Gasteiger partial charge in [0.25, 0.3) is 0 Å². The Morgan fingerprint density at radius 3 is 0.553 bits per heavy atom. The van der Waals surface area contributed by atoms with Crippen molar-refractivity contribution in [2.24, 2.45) is 104 Å². The topological polar surface area (TPSA) is 396 Å². The van der Waals surface area contributed by atoms with Crippen LogP contribution in [-0.4, -0.2) is 224 Å². The van der Waals surface area contributed by atoms with Crippen LogP contribution in [0, 0.1) is 74.0 Å². The Hall–Kier alpha value is -13.0. The van der Waals surface area contributed by atoms with E-state index in [9.17, 15) is 58.8 Å². The van der Waals surface area contributed by atoms with Crippen LogP contribution < -0.4 is 57.8 Å². The molecule has 12 rings (SSSR count). The molecule has 12 heterocycles. The number of nitrogens with one attached hydrogen (secondary N) is 4. The number of imidazole rings is 8. The molecule has 0 saturated carbocycles. The van der Waals surface area contributed by atoms with Gasteiger partial charge >= 0.3 is 48.5 Å². The van der Waals surface area contributed by atoms with Crippen LogP contribution in [-0.2, 0) is 172 Å². The van der Waals surface area contributed by atoms with Gasteiger partial charge in [-0.05, 0) is 77.8 Å². The van der Waals surface area contributed by atoms with E-state index in [0.717, 1.165) is 0 Å². The Balaban J connectivity index is 0.000000215. The van der Waals surface area contributed by atoms with E-state index in [2.05, 4.69) is 21.3 Å². The molecular formula is C80H120N28O14Tc+4. The second-order valence-electron chi connectivity index (χ2n) is 31.3. The van der Waals surface area contributed by atoms with Gasteiger partial charge in [-0.15, -0.1) is 0 Å². The first-order valence-electron chi connectivity index (χ1n) is 39.6. The van der Waals surface area contributed by atoms with Crippen LogP contribution in [0.2, 0.25) is 0 Å². The minimum absolute atomic E-state index is 0.102. The van der Waals surface area contributed by atoms with E-state index in [1.165, 1.54) is 0 Å². The number of rotatable bonds is 40. The first kappa shape index (κ1) is 95.5. The van der Waals surface area contributed by atoms with Gasteiger partial charge in [0.2, 0.25) is 74.2 Å². The Morgan fingerprint density at radius 2 is 0.423 bits per heavy atom. The zero-order valence-corrected chi connectivity index (χ0v) is 73.6. The van der Waals surface area contributed by atoms with Crippen molar-refractivity contribution < 1.29 is 120 Å². The number of aliphatic carboxylic acids is 4. The Morgan fingerprint density at radius 1 is 0.268 bits per heavy atom. The summed E-state index contributed by atoms with van der Waals surface area (Å²) in [7, 11) is 22.9. The summed E-state index contributed by atoms with van der Waals surface area (Å²) >= 11 is -1.91. The number of amides is 4. The minimum atomic E-state index is -1.91. The summed E-state index contributed by atoms with van der Waals surface area (Å²) in [5.74, 6) is -9.34. The fourth-order valence-electron chi connectivity index (χ4n) is 13.7. The summed E-state index contributed by atoms with van der Waals surface area (Å²) in [5.41, 5.74) is 0. The number of aryl methyl sites for hydroxylation is 8. The third kappa shape index (κ3) is 32.8. The monoisotopic (exact) mass is 1790 g/mol. The van der Waals surface area contributed by atoms with Gasteiger partial charge in [0, 0.05) is 52.4 Å². The second-order valence-corrected chi connectivity index (χ2v) is 31.6. The normalized spacial score (nSPS) is 13.4. The Kier molecular flexibility index (Phi) is 36.7. The van der Waals surface area contributed by atoms with Crippen molar-refractivity contribution in [1.29, 1.82) is 0 Å². The molecule has 0 unspecified atom stereocenters. The number of nitrogens with zero attached hydrogens (tertiary/aromatic N) is 24. The zero-order valence-electron chi connectivity index (χ0n) is 71.7. The SMILES string of the molecule is CN1C=CN(CC(CN2C=CN(C)[CH-]2)C(=O)NCC(CNC(=O)C(CN2C=CN(C)[CH-]2)CN2C=CN(C)[CH-]2)C(=O)O)[CH-]1.C[n+]1ccn(CC(Cn2cc[n+](C)c2)C(=O)NCC(CNC(=O)C(Cn2cc[n+](C)c2)Cn2cc[n+](C)c2)C(=O)O)c1.C[n+]1ccn(CC(Cn2cc[n+](C)c2)C(=O)O)c1.C[n+]1ccn(CC(Cn2cc[n+](C)c2)C(=O)O)c1.[O]=[Tc]=[O]. The van der Waals surface area contributed by atoms with E-state index in [1.54, 1.807) is 0 Å².